The van der Waals surface area contributed by atoms with Crippen molar-refractivity contribution in [2.45, 2.75) is 172 Å². The first-order valence-electron chi connectivity index (χ1n) is 30.9. The van der Waals surface area contributed by atoms with Crippen molar-refractivity contribution < 1.29 is 24.6 Å². The lowest BCUT2D eigenvalue weighted by Gasteiger charge is -2.31. The van der Waals surface area contributed by atoms with Gasteiger partial charge in [-0.1, -0.05) is 126 Å². The van der Waals surface area contributed by atoms with Crippen LogP contribution < -0.4 is 11.1 Å². The van der Waals surface area contributed by atoms with E-state index in [1.807, 2.05) is 26.8 Å². The van der Waals surface area contributed by atoms with E-state index in [1.54, 1.807) is 42.5 Å². The maximum atomic E-state index is 15.1. The highest BCUT2D eigenvalue weighted by molar-refractivity contribution is 6.01. The van der Waals surface area contributed by atoms with Crippen LogP contribution in [0.2, 0.25) is 0 Å². The van der Waals surface area contributed by atoms with Gasteiger partial charge in [-0.15, -0.1) is 10.2 Å². The predicted octanol–water partition coefficient (Wildman–Crippen LogP) is 15.6. The van der Waals surface area contributed by atoms with Gasteiger partial charge in [-0.05, 0) is 125 Å². The number of hydrogen-bond donors (Lipinski definition) is 2. The summed E-state index contributed by atoms with van der Waals surface area (Å²) in [5.74, 6) is -1.38. The third-order valence-corrected chi connectivity index (χ3v) is 15.8. The van der Waals surface area contributed by atoms with Gasteiger partial charge in [0.05, 0.1) is 22.7 Å². The summed E-state index contributed by atoms with van der Waals surface area (Å²) in [7, 11) is 0. The van der Waals surface area contributed by atoms with Crippen LogP contribution in [0.1, 0.15) is 211 Å². The molecule has 0 aliphatic rings. The van der Waals surface area contributed by atoms with Crippen molar-refractivity contribution in [1.82, 2.24) is 23.8 Å². The minimum Gasteiger partial charge on any atom is -0.493 e. The lowest BCUT2D eigenvalue weighted by Crippen LogP contribution is -2.39. The number of pyridine rings is 2. The number of aromatic hydroxyl groups is 2. The van der Waals surface area contributed by atoms with Gasteiger partial charge < -0.3 is 24.9 Å². The molecule has 0 bridgehead atoms. The molecule has 3 aromatic carbocycles. The molecule has 5 rings (SSSR count). The molecule has 0 saturated heterocycles. The van der Waals surface area contributed by atoms with Gasteiger partial charge in [0.1, 0.15) is 23.3 Å². The van der Waals surface area contributed by atoms with Crippen LogP contribution in [0, 0.1) is 48.3 Å². The molecule has 0 saturated carbocycles. The largest absolute Gasteiger partial charge is 0.493 e. The number of nitrogens with zero attached hydrogens (tertiary/aromatic N) is 11. The molecule has 0 fully saturated rings. The van der Waals surface area contributed by atoms with Crippen molar-refractivity contribution in [2.75, 3.05) is 39.3 Å². The molecule has 454 valence electrons. The molecule has 0 radical (unpaired) electrons. The maximum absolute atomic E-state index is 15.1. The molecule has 3 amide bonds. The molecule has 0 aliphatic heterocycles. The molecule has 85 heavy (non-hydrogen) atoms. The summed E-state index contributed by atoms with van der Waals surface area (Å²) in [5, 5.41) is 62.1. The van der Waals surface area contributed by atoms with Gasteiger partial charge in [-0.2, -0.15) is 20.8 Å². The highest BCUT2D eigenvalue weighted by Crippen LogP contribution is 2.37. The number of aromatic nitrogens is 2. The molecule has 2 N–H and O–H groups in total. The monoisotopic (exact) mass is 1160 g/mol. The second-order valence-electron chi connectivity index (χ2n) is 22.1. The van der Waals surface area contributed by atoms with Crippen molar-refractivity contribution in [3.8, 4) is 35.3 Å². The van der Waals surface area contributed by atoms with Gasteiger partial charge in [-0.3, -0.25) is 24.0 Å². The minimum atomic E-state index is -0.886. The van der Waals surface area contributed by atoms with Crippen LogP contribution in [-0.4, -0.2) is 91.0 Å². The molecule has 5 aromatic rings. The van der Waals surface area contributed by atoms with E-state index < -0.39 is 22.9 Å². The minimum absolute atomic E-state index is 0.0260. The first kappa shape index (κ1) is 67.5. The van der Waals surface area contributed by atoms with E-state index in [9.17, 15) is 39.9 Å². The molecule has 0 aliphatic carbocycles. The number of amides is 3. The summed E-state index contributed by atoms with van der Waals surface area (Å²) < 4.78 is 1.74. The number of benzene rings is 3. The van der Waals surface area contributed by atoms with Crippen molar-refractivity contribution >= 4 is 40.5 Å². The summed E-state index contributed by atoms with van der Waals surface area (Å²) >= 11 is 0. The third-order valence-electron chi connectivity index (χ3n) is 15.8. The lowest BCUT2D eigenvalue weighted by molar-refractivity contribution is 0.0684. The van der Waals surface area contributed by atoms with Crippen LogP contribution in [0.25, 0.3) is 11.4 Å². The molecule has 2 aromatic heterocycles. The van der Waals surface area contributed by atoms with Gasteiger partial charge in [0, 0.05) is 67.1 Å². The van der Waals surface area contributed by atoms with Crippen LogP contribution >= 0.6 is 0 Å². The Balaban J connectivity index is 1.61. The van der Waals surface area contributed by atoms with Crippen LogP contribution in [0.4, 0.5) is 22.7 Å². The fourth-order valence-corrected chi connectivity index (χ4v) is 10.4. The van der Waals surface area contributed by atoms with Gasteiger partial charge in [0.25, 0.3) is 28.8 Å². The van der Waals surface area contributed by atoms with E-state index in [0.717, 1.165) is 112 Å². The van der Waals surface area contributed by atoms with Crippen molar-refractivity contribution in [3.63, 3.8) is 0 Å². The Labute approximate surface area is 502 Å². The van der Waals surface area contributed by atoms with E-state index in [-0.39, 0.29) is 91.4 Å². The summed E-state index contributed by atoms with van der Waals surface area (Å²) in [4.78, 5) is 76.9. The Hall–Kier alpha value is -8.25. The summed E-state index contributed by atoms with van der Waals surface area (Å²) in [6.07, 6.45) is 14.9. The SMILES string of the molecule is CCCCC(CC)CN(CC(CC)CCCC)C(=O)c1cc(N=Nc2c(C)c(C#N)c(=O)n(-c3ccc(-n4c(O)c(N=Nc5cccc(C(=O)N(CCCC)CCCC)c5)c(C)c(C#N)c4=O)cc3)c2O)cc(C(=O)N(CCCC)CCCC)c1. The molecule has 18 nitrogen and oxygen atoms in total. The van der Waals surface area contributed by atoms with Gasteiger partial charge in [0.2, 0.25) is 11.8 Å². The number of unbranched alkanes of at least 4 members (excludes halogenated alkanes) is 6. The van der Waals surface area contributed by atoms with Crippen LogP contribution in [-0.2, 0) is 0 Å². The Morgan fingerprint density at radius 1 is 0.494 bits per heavy atom. The standard InChI is InChI=1S/C67H89N11O7/c1-11-19-26-48(17-7)44-76(45-49(18-8)27-20-12-2)63(81)52-38-51(62(80)75(36-23-15-5)37-24-16-6)40-54(41-52)71-73-60-47(10)58(43-69)65(83)78(67(60)85)56-32-30-55(31-33-56)77-64(82)57(42-68)46(9)59(66(77)84)72-70-53-29-25-28-50(39-53)61(79)74(34-21-13-3)35-22-14-4/h25,28-33,38-41,48-49,84-85H,11-24,26-27,34-37,44-45H2,1-10H3. The topological polar surface area (TPSA) is 242 Å². The lowest BCUT2D eigenvalue weighted by atomic mass is 9.95. The molecule has 2 heterocycles. The van der Waals surface area contributed by atoms with Crippen LogP contribution in [0.5, 0.6) is 11.8 Å². The third kappa shape index (κ3) is 17.4. The Morgan fingerprint density at radius 2 is 0.859 bits per heavy atom. The second-order valence-corrected chi connectivity index (χ2v) is 22.1. The molecule has 18 heteroatoms. The van der Waals surface area contributed by atoms with Gasteiger partial charge >= 0.3 is 0 Å². The zero-order valence-corrected chi connectivity index (χ0v) is 51.9. The maximum Gasteiger partial charge on any atom is 0.276 e. The first-order valence-corrected chi connectivity index (χ1v) is 30.9. The fourth-order valence-electron chi connectivity index (χ4n) is 10.4. The molecule has 2 unspecified atom stereocenters. The molecule has 0 spiro atoms. The average Bonchev–Trinajstić information content (AvgIpc) is 1.75. The summed E-state index contributed by atoms with van der Waals surface area (Å²) in [6, 6.07) is 20.8. The van der Waals surface area contributed by atoms with Crippen molar-refractivity contribution in [1.29, 1.82) is 10.5 Å². The average molecular weight is 1160 g/mol. The Morgan fingerprint density at radius 3 is 1.24 bits per heavy atom. The first-order chi connectivity index (χ1) is 41.0. The van der Waals surface area contributed by atoms with E-state index in [0.29, 0.717) is 50.5 Å². The van der Waals surface area contributed by atoms with Crippen molar-refractivity contribution in [3.05, 3.63) is 126 Å². The number of hydrogen-bond acceptors (Lipinski definition) is 13. The zero-order chi connectivity index (χ0) is 62.2. The predicted molar refractivity (Wildman–Crippen MR) is 335 cm³/mol. The quantitative estimate of drug-likeness (QED) is 0.0379. The van der Waals surface area contributed by atoms with Crippen LogP contribution in [0.3, 0.4) is 0 Å². The van der Waals surface area contributed by atoms with E-state index >= 15 is 4.79 Å². The van der Waals surface area contributed by atoms with E-state index in [4.69, 9.17) is 0 Å². The Bertz CT molecular complexity index is 3320. The zero-order valence-electron chi connectivity index (χ0n) is 51.9. The highest BCUT2D eigenvalue weighted by Gasteiger charge is 2.27. The van der Waals surface area contributed by atoms with Crippen LogP contribution in [0.15, 0.2) is 96.8 Å². The molecule has 2 atom stereocenters. The van der Waals surface area contributed by atoms with Gasteiger partial charge in [-0.25, -0.2) is 9.13 Å². The fraction of sp³-hybridized carbons (Fsp3) is 0.507. The van der Waals surface area contributed by atoms with Crippen molar-refractivity contribution in [2.24, 2.45) is 32.3 Å². The molecular weight excluding hydrogens is 1070 g/mol. The number of carbonyl (C=O) groups is 3. The summed E-state index contributed by atoms with van der Waals surface area (Å²) in [5.41, 5.74) is -1.29. The second kappa shape index (κ2) is 33.9. The van der Waals surface area contributed by atoms with E-state index in [2.05, 4.69) is 75.8 Å². The van der Waals surface area contributed by atoms with Gasteiger partial charge in [0.15, 0.2) is 11.4 Å². The number of azo groups is 2. The number of carbonyl (C=O) groups excluding carboxylic acids is 3. The molecular formula is C67H89N11O7. The Kier molecular flexibility index (Phi) is 26.9. The highest BCUT2D eigenvalue weighted by atomic mass is 16.3. The summed E-state index contributed by atoms with van der Waals surface area (Å²) in [6.45, 7) is 23.3. The van der Waals surface area contributed by atoms with E-state index in [1.165, 1.54) is 38.1 Å². The smallest absolute Gasteiger partial charge is 0.276 e. The number of nitriles is 2. The number of rotatable bonds is 33. The normalized spacial score (nSPS) is 12.1.